The molecule has 0 spiro atoms. The molecule has 0 unspecified atom stereocenters. The standard InChI is InChI=1S/C19H21NO3/c1-14(21)20-11-10-19(15-6-4-8-17(12-15)22-2)16-7-5-9-18(13-16)23-3/h4-10,12-13H,11H2,1-3H3,(H,20,21). The summed E-state index contributed by atoms with van der Waals surface area (Å²) in [5, 5.41) is 2.79. The molecule has 4 nitrogen and oxygen atoms in total. The second-order valence-corrected chi connectivity index (χ2v) is 5.02. The van der Waals surface area contributed by atoms with E-state index in [9.17, 15) is 4.79 Å². The molecule has 120 valence electrons. The number of hydrogen-bond acceptors (Lipinski definition) is 3. The molecule has 1 amide bonds. The summed E-state index contributed by atoms with van der Waals surface area (Å²) in [6.07, 6.45) is 1.99. The van der Waals surface area contributed by atoms with Crippen molar-refractivity contribution in [3.63, 3.8) is 0 Å². The van der Waals surface area contributed by atoms with Gasteiger partial charge in [0.25, 0.3) is 0 Å². The van der Waals surface area contributed by atoms with Crippen molar-refractivity contribution in [1.82, 2.24) is 5.32 Å². The Balaban J connectivity index is 2.43. The molecule has 2 rings (SSSR count). The van der Waals surface area contributed by atoms with Gasteiger partial charge in [0.2, 0.25) is 5.91 Å². The predicted octanol–water partition coefficient (Wildman–Crippen LogP) is 3.27. The van der Waals surface area contributed by atoms with E-state index in [4.69, 9.17) is 9.47 Å². The molecule has 0 aliphatic heterocycles. The number of ether oxygens (including phenoxy) is 2. The van der Waals surface area contributed by atoms with Gasteiger partial charge in [-0.2, -0.15) is 0 Å². The van der Waals surface area contributed by atoms with Crippen LogP contribution in [0.1, 0.15) is 18.1 Å². The topological polar surface area (TPSA) is 47.6 Å². The van der Waals surface area contributed by atoms with Crippen molar-refractivity contribution in [3.05, 3.63) is 65.7 Å². The third-order valence-corrected chi connectivity index (χ3v) is 3.42. The number of carbonyl (C=O) groups is 1. The van der Waals surface area contributed by atoms with Gasteiger partial charge in [0.05, 0.1) is 14.2 Å². The van der Waals surface area contributed by atoms with Crippen molar-refractivity contribution in [2.45, 2.75) is 6.92 Å². The first-order valence-corrected chi connectivity index (χ1v) is 7.37. The van der Waals surface area contributed by atoms with E-state index in [-0.39, 0.29) is 5.91 Å². The van der Waals surface area contributed by atoms with Crippen molar-refractivity contribution < 1.29 is 14.3 Å². The monoisotopic (exact) mass is 311 g/mol. The lowest BCUT2D eigenvalue weighted by Crippen LogP contribution is -2.19. The summed E-state index contributed by atoms with van der Waals surface area (Å²) in [6, 6.07) is 15.7. The van der Waals surface area contributed by atoms with E-state index in [0.717, 1.165) is 28.2 Å². The van der Waals surface area contributed by atoms with Gasteiger partial charge < -0.3 is 14.8 Å². The maximum absolute atomic E-state index is 11.1. The maximum Gasteiger partial charge on any atom is 0.217 e. The maximum atomic E-state index is 11.1. The minimum absolute atomic E-state index is 0.0584. The lowest BCUT2D eigenvalue weighted by atomic mass is 9.97. The van der Waals surface area contributed by atoms with Crippen LogP contribution in [-0.4, -0.2) is 26.7 Å². The summed E-state index contributed by atoms with van der Waals surface area (Å²) in [6.45, 7) is 1.96. The van der Waals surface area contributed by atoms with Crippen molar-refractivity contribution in [2.75, 3.05) is 20.8 Å². The SMILES string of the molecule is COc1cccc(C(=CCNC(C)=O)c2cccc(OC)c2)c1. The summed E-state index contributed by atoms with van der Waals surface area (Å²) in [4.78, 5) is 11.1. The first kappa shape index (κ1) is 16.6. The first-order valence-electron chi connectivity index (χ1n) is 7.37. The van der Waals surface area contributed by atoms with E-state index in [2.05, 4.69) is 5.32 Å². The summed E-state index contributed by atoms with van der Waals surface area (Å²) >= 11 is 0. The Kier molecular flexibility index (Phi) is 5.80. The fourth-order valence-corrected chi connectivity index (χ4v) is 2.28. The van der Waals surface area contributed by atoms with Gasteiger partial charge >= 0.3 is 0 Å². The molecule has 0 saturated heterocycles. The van der Waals surface area contributed by atoms with Crippen LogP contribution in [0.4, 0.5) is 0 Å². The quantitative estimate of drug-likeness (QED) is 0.890. The fraction of sp³-hybridized carbons (Fsp3) is 0.211. The Bertz CT molecular complexity index is 658. The van der Waals surface area contributed by atoms with E-state index in [1.807, 2.05) is 54.6 Å². The molecule has 2 aromatic rings. The van der Waals surface area contributed by atoms with Gasteiger partial charge in [0.1, 0.15) is 11.5 Å². The Morgan fingerprint density at radius 2 is 1.52 bits per heavy atom. The average Bonchev–Trinajstić information content (AvgIpc) is 2.58. The highest BCUT2D eigenvalue weighted by Gasteiger charge is 2.07. The van der Waals surface area contributed by atoms with Crippen molar-refractivity contribution in [1.29, 1.82) is 0 Å². The molecule has 4 heteroatoms. The molecule has 23 heavy (non-hydrogen) atoms. The average molecular weight is 311 g/mol. The van der Waals surface area contributed by atoms with Crippen LogP contribution in [0.25, 0.3) is 5.57 Å². The number of benzene rings is 2. The number of amides is 1. The van der Waals surface area contributed by atoms with Crippen molar-refractivity contribution in [2.24, 2.45) is 0 Å². The molecule has 0 fully saturated rings. The molecular weight excluding hydrogens is 290 g/mol. The minimum Gasteiger partial charge on any atom is -0.497 e. The van der Waals surface area contributed by atoms with Gasteiger partial charge in [-0.3, -0.25) is 4.79 Å². The van der Waals surface area contributed by atoms with E-state index in [1.165, 1.54) is 6.92 Å². The van der Waals surface area contributed by atoms with Crippen LogP contribution >= 0.6 is 0 Å². The molecule has 0 saturated carbocycles. The lowest BCUT2D eigenvalue weighted by molar-refractivity contribution is -0.118. The van der Waals surface area contributed by atoms with E-state index in [1.54, 1.807) is 14.2 Å². The van der Waals surface area contributed by atoms with Crippen LogP contribution in [-0.2, 0) is 4.79 Å². The first-order chi connectivity index (χ1) is 11.1. The molecule has 0 radical (unpaired) electrons. The third-order valence-electron chi connectivity index (χ3n) is 3.42. The third kappa shape index (κ3) is 4.61. The van der Waals surface area contributed by atoms with E-state index < -0.39 is 0 Å². The Hall–Kier alpha value is -2.75. The normalized spacial score (nSPS) is 9.87. The lowest BCUT2D eigenvalue weighted by Gasteiger charge is -2.12. The molecule has 0 atom stereocenters. The molecule has 1 N–H and O–H groups in total. The van der Waals surface area contributed by atoms with E-state index in [0.29, 0.717) is 6.54 Å². The zero-order chi connectivity index (χ0) is 16.7. The van der Waals surface area contributed by atoms with Crippen LogP contribution in [0.5, 0.6) is 11.5 Å². The number of rotatable bonds is 6. The molecule has 0 heterocycles. The number of hydrogen-bond donors (Lipinski definition) is 1. The van der Waals surface area contributed by atoms with Gasteiger partial charge in [-0.15, -0.1) is 0 Å². The fourth-order valence-electron chi connectivity index (χ4n) is 2.28. The Morgan fingerprint density at radius 3 is 1.96 bits per heavy atom. The molecule has 0 bridgehead atoms. The summed E-state index contributed by atoms with van der Waals surface area (Å²) in [7, 11) is 3.29. The Labute approximate surface area is 136 Å². The molecule has 0 aliphatic rings. The summed E-state index contributed by atoms with van der Waals surface area (Å²) in [5.41, 5.74) is 3.04. The second kappa shape index (κ2) is 8.03. The summed E-state index contributed by atoms with van der Waals surface area (Å²) < 4.78 is 10.6. The van der Waals surface area contributed by atoms with E-state index >= 15 is 0 Å². The largest absolute Gasteiger partial charge is 0.497 e. The second-order valence-electron chi connectivity index (χ2n) is 5.02. The van der Waals surface area contributed by atoms with Gasteiger partial charge in [-0.05, 0) is 41.0 Å². The molecular formula is C19H21NO3. The zero-order valence-electron chi connectivity index (χ0n) is 13.6. The zero-order valence-corrected chi connectivity index (χ0v) is 13.6. The van der Waals surface area contributed by atoms with Crippen LogP contribution < -0.4 is 14.8 Å². The van der Waals surface area contributed by atoms with Crippen molar-refractivity contribution in [3.8, 4) is 11.5 Å². The van der Waals surface area contributed by atoms with Gasteiger partial charge in [0, 0.05) is 13.5 Å². The van der Waals surface area contributed by atoms with Crippen LogP contribution in [0.15, 0.2) is 54.6 Å². The highest BCUT2D eigenvalue weighted by molar-refractivity contribution is 5.81. The smallest absolute Gasteiger partial charge is 0.217 e. The Morgan fingerprint density at radius 1 is 1.00 bits per heavy atom. The van der Waals surface area contributed by atoms with Gasteiger partial charge in [-0.1, -0.05) is 30.3 Å². The molecule has 2 aromatic carbocycles. The molecule has 0 aliphatic carbocycles. The summed E-state index contributed by atoms with van der Waals surface area (Å²) in [5.74, 6) is 1.52. The van der Waals surface area contributed by atoms with Crippen LogP contribution in [0.3, 0.4) is 0 Å². The van der Waals surface area contributed by atoms with Crippen molar-refractivity contribution >= 4 is 11.5 Å². The predicted molar refractivity (Wildman–Crippen MR) is 91.8 cm³/mol. The minimum atomic E-state index is -0.0584. The van der Waals surface area contributed by atoms with Gasteiger partial charge in [-0.25, -0.2) is 0 Å². The number of nitrogens with one attached hydrogen (secondary N) is 1. The number of methoxy groups -OCH3 is 2. The van der Waals surface area contributed by atoms with Crippen LogP contribution in [0, 0.1) is 0 Å². The van der Waals surface area contributed by atoms with Gasteiger partial charge in [0.15, 0.2) is 0 Å². The highest BCUT2D eigenvalue weighted by atomic mass is 16.5. The molecule has 0 aromatic heterocycles. The van der Waals surface area contributed by atoms with Crippen LogP contribution in [0.2, 0.25) is 0 Å². The highest BCUT2D eigenvalue weighted by Crippen LogP contribution is 2.28. The number of carbonyl (C=O) groups excluding carboxylic acids is 1.